The molecular weight excluding hydrogens is 247 g/mol. The second-order valence-electron chi connectivity index (χ2n) is 4.14. The maximum absolute atomic E-state index is 13.5. The van der Waals surface area contributed by atoms with Gasteiger partial charge in [-0.15, -0.1) is 0 Å². The highest BCUT2D eigenvalue weighted by atomic mass is 19.1. The van der Waals surface area contributed by atoms with Gasteiger partial charge < -0.3 is 15.4 Å². The summed E-state index contributed by atoms with van der Waals surface area (Å²) in [5.41, 5.74) is 0.562. The smallest absolute Gasteiger partial charge is 0.239 e. The number of carbonyl (C=O) groups is 1. The Balaban J connectivity index is 2.41. The van der Waals surface area contributed by atoms with Gasteiger partial charge in [0, 0.05) is 18.3 Å². The average molecular weight is 268 g/mol. The largest absolute Gasteiger partial charge is 0.491 e. The van der Waals surface area contributed by atoms with Crippen LogP contribution in [0.25, 0.3) is 0 Å². The minimum Gasteiger partial charge on any atom is -0.491 e. The monoisotopic (exact) mass is 268 g/mol. The molecule has 0 aliphatic carbocycles. The van der Waals surface area contributed by atoms with E-state index in [1.54, 1.807) is 19.1 Å². The van der Waals surface area contributed by atoms with Crippen LogP contribution in [0.2, 0.25) is 0 Å². The molecule has 5 heteroatoms. The lowest BCUT2D eigenvalue weighted by molar-refractivity contribution is -0.119. The molecule has 0 atom stereocenters. The van der Waals surface area contributed by atoms with Gasteiger partial charge in [-0.25, -0.2) is 4.39 Å². The fourth-order valence-corrected chi connectivity index (χ4v) is 1.53. The van der Waals surface area contributed by atoms with Crippen LogP contribution in [0.4, 0.5) is 10.1 Å². The van der Waals surface area contributed by atoms with Crippen LogP contribution >= 0.6 is 0 Å². The first-order valence-corrected chi connectivity index (χ1v) is 6.60. The number of nitrogens with one attached hydrogen (secondary N) is 2. The van der Waals surface area contributed by atoms with Crippen molar-refractivity contribution in [2.45, 2.75) is 26.7 Å². The van der Waals surface area contributed by atoms with Gasteiger partial charge in [0.15, 0.2) is 11.6 Å². The lowest BCUT2D eigenvalue weighted by atomic mass is 10.3. The molecule has 0 fully saturated rings. The predicted molar refractivity (Wildman–Crippen MR) is 74.0 cm³/mol. The van der Waals surface area contributed by atoms with E-state index < -0.39 is 5.82 Å². The standard InChI is InChI=1S/C14H21FN2O2/c1-3-5-8-16-14(18)10-17-11-6-7-13(19-4-2)12(15)9-11/h6-7,9,17H,3-5,8,10H2,1-2H3,(H,16,18). The summed E-state index contributed by atoms with van der Waals surface area (Å²) in [7, 11) is 0. The van der Waals surface area contributed by atoms with Crippen LogP contribution in [-0.4, -0.2) is 25.6 Å². The maximum Gasteiger partial charge on any atom is 0.239 e. The van der Waals surface area contributed by atoms with E-state index in [4.69, 9.17) is 4.74 Å². The van der Waals surface area contributed by atoms with Crippen LogP contribution in [-0.2, 0) is 4.79 Å². The predicted octanol–water partition coefficient (Wildman–Crippen LogP) is 2.55. The van der Waals surface area contributed by atoms with E-state index in [1.165, 1.54) is 6.07 Å². The summed E-state index contributed by atoms with van der Waals surface area (Å²) in [6, 6.07) is 4.56. The molecular formula is C14H21FN2O2. The summed E-state index contributed by atoms with van der Waals surface area (Å²) < 4.78 is 18.6. The van der Waals surface area contributed by atoms with E-state index in [9.17, 15) is 9.18 Å². The molecule has 1 aromatic carbocycles. The van der Waals surface area contributed by atoms with Crippen LogP contribution in [0.15, 0.2) is 18.2 Å². The second kappa shape index (κ2) is 8.34. The van der Waals surface area contributed by atoms with Crippen molar-refractivity contribution in [3.05, 3.63) is 24.0 Å². The molecule has 1 rings (SSSR count). The Morgan fingerprint density at radius 1 is 1.37 bits per heavy atom. The molecule has 0 aromatic heterocycles. The zero-order chi connectivity index (χ0) is 14.1. The Bertz CT molecular complexity index is 410. The number of carbonyl (C=O) groups excluding carboxylic acids is 1. The topological polar surface area (TPSA) is 50.4 Å². The Morgan fingerprint density at radius 2 is 2.16 bits per heavy atom. The minimum atomic E-state index is -0.432. The molecule has 0 radical (unpaired) electrons. The average Bonchev–Trinajstić information content (AvgIpc) is 2.40. The van der Waals surface area contributed by atoms with Crippen LogP contribution < -0.4 is 15.4 Å². The summed E-state index contributed by atoms with van der Waals surface area (Å²) >= 11 is 0. The summed E-state index contributed by atoms with van der Waals surface area (Å²) in [5.74, 6) is -0.304. The highest BCUT2D eigenvalue weighted by Gasteiger charge is 2.05. The van der Waals surface area contributed by atoms with E-state index in [-0.39, 0.29) is 18.2 Å². The summed E-state index contributed by atoms with van der Waals surface area (Å²) in [5, 5.41) is 5.65. The molecule has 0 bridgehead atoms. The van der Waals surface area contributed by atoms with Gasteiger partial charge in [0.2, 0.25) is 5.91 Å². The Hall–Kier alpha value is -1.78. The van der Waals surface area contributed by atoms with Crippen LogP contribution in [0, 0.1) is 5.82 Å². The molecule has 106 valence electrons. The van der Waals surface area contributed by atoms with Crippen molar-refractivity contribution in [2.75, 3.05) is 25.0 Å². The number of hydrogen-bond donors (Lipinski definition) is 2. The third-order valence-electron chi connectivity index (χ3n) is 2.54. The van der Waals surface area contributed by atoms with Crippen LogP contribution in [0.3, 0.4) is 0 Å². The number of anilines is 1. The number of unbranched alkanes of at least 4 members (excludes halogenated alkanes) is 1. The normalized spacial score (nSPS) is 10.1. The van der Waals surface area contributed by atoms with Crippen molar-refractivity contribution in [3.63, 3.8) is 0 Å². The van der Waals surface area contributed by atoms with E-state index in [0.717, 1.165) is 12.8 Å². The second-order valence-corrected chi connectivity index (χ2v) is 4.14. The lowest BCUT2D eigenvalue weighted by Gasteiger charge is -2.09. The van der Waals surface area contributed by atoms with Gasteiger partial charge >= 0.3 is 0 Å². The van der Waals surface area contributed by atoms with Crippen molar-refractivity contribution >= 4 is 11.6 Å². The van der Waals surface area contributed by atoms with E-state index in [2.05, 4.69) is 17.6 Å². The quantitative estimate of drug-likeness (QED) is 0.712. The molecule has 1 amide bonds. The molecule has 2 N–H and O–H groups in total. The lowest BCUT2D eigenvalue weighted by Crippen LogP contribution is -2.30. The zero-order valence-corrected chi connectivity index (χ0v) is 11.5. The fourth-order valence-electron chi connectivity index (χ4n) is 1.53. The van der Waals surface area contributed by atoms with Crippen LogP contribution in [0.5, 0.6) is 5.75 Å². The first kappa shape index (κ1) is 15.3. The van der Waals surface area contributed by atoms with Gasteiger partial charge in [-0.05, 0) is 25.5 Å². The molecule has 0 spiro atoms. The third-order valence-corrected chi connectivity index (χ3v) is 2.54. The van der Waals surface area contributed by atoms with E-state index >= 15 is 0 Å². The number of ether oxygens (including phenoxy) is 1. The fraction of sp³-hybridized carbons (Fsp3) is 0.500. The van der Waals surface area contributed by atoms with Gasteiger partial charge in [0.25, 0.3) is 0 Å². The van der Waals surface area contributed by atoms with Gasteiger partial charge in [-0.2, -0.15) is 0 Å². The molecule has 4 nitrogen and oxygen atoms in total. The molecule has 0 heterocycles. The molecule has 0 saturated carbocycles. The third kappa shape index (κ3) is 5.59. The zero-order valence-electron chi connectivity index (χ0n) is 11.5. The SMILES string of the molecule is CCCCNC(=O)CNc1ccc(OCC)c(F)c1. The first-order valence-electron chi connectivity index (χ1n) is 6.60. The van der Waals surface area contributed by atoms with Crippen molar-refractivity contribution in [2.24, 2.45) is 0 Å². The molecule has 0 saturated heterocycles. The highest BCUT2D eigenvalue weighted by molar-refractivity contribution is 5.80. The number of halogens is 1. The molecule has 0 aliphatic heterocycles. The van der Waals surface area contributed by atoms with Gasteiger partial charge in [-0.1, -0.05) is 13.3 Å². The Labute approximate surface area is 113 Å². The van der Waals surface area contributed by atoms with E-state index in [0.29, 0.717) is 18.8 Å². The van der Waals surface area contributed by atoms with Crippen molar-refractivity contribution in [1.29, 1.82) is 0 Å². The van der Waals surface area contributed by atoms with Crippen LogP contribution in [0.1, 0.15) is 26.7 Å². The molecule has 0 unspecified atom stereocenters. The van der Waals surface area contributed by atoms with Crippen molar-refractivity contribution in [3.8, 4) is 5.75 Å². The molecule has 0 aliphatic rings. The van der Waals surface area contributed by atoms with Gasteiger partial charge in [0.1, 0.15) is 0 Å². The highest BCUT2D eigenvalue weighted by Crippen LogP contribution is 2.20. The van der Waals surface area contributed by atoms with Crippen molar-refractivity contribution in [1.82, 2.24) is 5.32 Å². The Morgan fingerprint density at radius 3 is 2.79 bits per heavy atom. The molecule has 19 heavy (non-hydrogen) atoms. The number of hydrogen-bond acceptors (Lipinski definition) is 3. The first-order chi connectivity index (χ1) is 9.17. The van der Waals surface area contributed by atoms with Gasteiger partial charge in [0.05, 0.1) is 13.2 Å². The number of amides is 1. The van der Waals surface area contributed by atoms with E-state index in [1.807, 2.05) is 0 Å². The maximum atomic E-state index is 13.5. The number of benzene rings is 1. The molecule has 1 aromatic rings. The Kier molecular flexibility index (Phi) is 6.71. The van der Waals surface area contributed by atoms with Crippen molar-refractivity contribution < 1.29 is 13.9 Å². The summed E-state index contributed by atoms with van der Waals surface area (Å²) in [4.78, 5) is 11.5. The number of rotatable bonds is 8. The summed E-state index contributed by atoms with van der Waals surface area (Å²) in [6.45, 7) is 5.09. The minimum absolute atomic E-state index is 0.0947. The summed E-state index contributed by atoms with van der Waals surface area (Å²) in [6.07, 6.45) is 2.00. The van der Waals surface area contributed by atoms with Gasteiger partial charge in [-0.3, -0.25) is 4.79 Å².